The summed E-state index contributed by atoms with van der Waals surface area (Å²) >= 11 is 1.19. The van der Waals surface area contributed by atoms with Gasteiger partial charge in [0.2, 0.25) is 0 Å². The minimum absolute atomic E-state index is 0.0226. The van der Waals surface area contributed by atoms with Gasteiger partial charge < -0.3 is 5.11 Å². The molecule has 6 nitrogen and oxygen atoms in total. The number of hydrogen-bond acceptors (Lipinski definition) is 5. The van der Waals surface area contributed by atoms with Crippen LogP contribution in [-0.4, -0.2) is 26.4 Å². The predicted octanol–water partition coefficient (Wildman–Crippen LogP) is 2.08. The molecule has 21 heavy (non-hydrogen) atoms. The fourth-order valence-corrected chi connectivity index (χ4v) is 3.14. The summed E-state index contributed by atoms with van der Waals surface area (Å²) in [5.74, 6) is -1.09. The molecule has 0 bridgehead atoms. The van der Waals surface area contributed by atoms with Gasteiger partial charge in [-0.25, -0.2) is 4.98 Å². The van der Waals surface area contributed by atoms with E-state index >= 15 is 0 Å². The monoisotopic (exact) mass is 308 g/mol. The van der Waals surface area contributed by atoms with Gasteiger partial charge in [-0.15, -0.1) is 11.3 Å². The van der Waals surface area contributed by atoms with Crippen LogP contribution in [0.2, 0.25) is 0 Å². The van der Waals surface area contributed by atoms with Crippen molar-refractivity contribution in [2.75, 3.05) is 0 Å². The second-order valence-electron chi connectivity index (χ2n) is 5.66. The van der Waals surface area contributed by atoms with Crippen molar-refractivity contribution in [3.63, 3.8) is 0 Å². The Morgan fingerprint density at radius 2 is 2.05 bits per heavy atom. The SMILES string of the molecule is CC(=O)c1sc2ncn(CC(C)(C)C(=O)O)c(=O)c2c1C. The number of rotatable bonds is 4. The van der Waals surface area contributed by atoms with E-state index in [9.17, 15) is 14.4 Å². The van der Waals surface area contributed by atoms with E-state index in [1.807, 2.05) is 0 Å². The summed E-state index contributed by atoms with van der Waals surface area (Å²) in [6.07, 6.45) is 1.34. The number of aryl methyl sites for hydroxylation is 1. The Kier molecular flexibility index (Phi) is 3.71. The molecule has 0 fully saturated rings. The molecule has 0 radical (unpaired) electrons. The Morgan fingerprint density at radius 1 is 1.43 bits per heavy atom. The van der Waals surface area contributed by atoms with Crippen molar-refractivity contribution < 1.29 is 14.7 Å². The van der Waals surface area contributed by atoms with Gasteiger partial charge >= 0.3 is 5.97 Å². The van der Waals surface area contributed by atoms with Crippen molar-refractivity contribution in [3.05, 3.63) is 27.1 Å². The molecule has 0 aliphatic heterocycles. The Balaban J connectivity index is 2.62. The molecule has 0 spiro atoms. The number of Topliss-reactive ketones (excluding diaryl/α,β-unsaturated/α-hetero) is 1. The number of aliphatic carboxylic acids is 1. The predicted molar refractivity (Wildman–Crippen MR) is 80.0 cm³/mol. The fourth-order valence-electron chi connectivity index (χ4n) is 2.10. The van der Waals surface area contributed by atoms with Crippen LogP contribution in [0.25, 0.3) is 10.2 Å². The van der Waals surface area contributed by atoms with E-state index in [2.05, 4.69) is 4.98 Å². The van der Waals surface area contributed by atoms with Crippen LogP contribution in [0.1, 0.15) is 36.0 Å². The highest BCUT2D eigenvalue weighted by atomic mass is 32.1. The standard InChI is InChI=1S/C14H16N2O4S/c1-7-9-11(21-10(7)8(2)17)15-6-16(12(9)18)5-14(3,4)13(19)20/h6H,5H2,1-4H3,(H,19,20). The summed E-state index contributed by atoms with van der Waals surface area (Å²) < 4.78 is 1.29. The van der Waals surface area contributed by atoms with Gasteiger partial charge in [-0.2, -0.15) is 0 Å². The minimum Gasteiger partial charge on any atom is -0.481 e. The summed E-state index contributed by atoms with van der Waals surface area (Å²) in [7, 11) is 0. The minimum atomic E-state index is -1.08. The van der Waals surface area contributed by atoms with Crippen LogP contribution < -0.4 is 5.56 Å². The lowest BCUT2D eigenvalue weighted by molar-refractivity contribution is -0.147. The number of hydrogen-bond donors (Lipinski definition) is 1. The third kappa shape index (κ3) is 2.61. The van der Waals surface area contributed by atoms with Crippen molar-refractivity contribution in [2.45, 2.75) is 34.2 Å². The maximum absolute atomic E-state index is 12.5. The van der Waals surface area contributed by atoms with Gasteiger partial charge in [-0.1, -0.05) is 0 Å². The normalized spacial score (nSPS) is 11.8. The van der Waals surface area contributed by atoms with Crippen LogP contribution in [0.4, 0.5) is 0 Å². The lowest BCUT2D eigenvalue weighted by Crippen LogP contribution is -2.34. The first-order chi connectivity index (χ1) is 9.65. The average Bonchev–Trinajstić information content (AvgIpc) is 2.71. The van der Waals surface area contributed by atoms with Crippen LogP contribution in [0.5, 0.6) is 0 Å². The molecule has 2 heterocycles. The van der Waals surface area contributed by atoms with Crippen LogP contribution in [0.15, 0.2) is 11.1 Å². The van der Waals surface area contributed by atoms with Gasteiger partial charge in [0.15, 0.2) is 5.78 Å². The Morgan fingerprint density at radius 3 is 2.57 bits per heavy atom. The molecule has 2 aromatic rings. The van der Waals surface area contributed by atoms with Crippen LogP contribution in [0, 0.1) is 12.3 Å². The van der Waals surface area contributed by atoms with Crippen molar-refractivity contribution in [3.8, 4) is 0 Å². The Labute approximate surface area is 125 Å². The number of fused-ring (bicyclic) bond motifs is 1. The number of aromatic nitrogens is 2. The molecule has 112 valence electrons. The van der Waals surface area contributed by atoms with Crippen LogP contribution in [0.3, 0.4) is 0 Å². The second-order valence-corrected chi connectivity index (χ2v) is 6.66. The molecule has 0 aliphatic carbocycles. The molecule has 0 saturated heterocycles. The van der Waals surface area contributed by atoms with Crippen molar-refractivity contribution >= 4 is 33.3 Å². The molecule has 0 atom stereocenters. The van der Waals surface area contributed by atoms with E-state index in [4.69, 9.17) is 5.11 Å². The zero-order valence-electron chi connectivity index (χ0n) is 12.3. The van der Waals surface area contributed by atoms with Gasteiger partial charge in [-0.05, 0) is 33.3 Å². The second kappa shape index (κ2) is 5.07. The summed E-state index contributed by atoms with van der Waals surface area (Å²) in [6.45, 7) is 6.28. The lowest BCUT2D eigenvalue weighted by Gasteiger charge is -2.19. The molecular formula is C14H16N2O4S. The van der Waals surface area contributed by atoms with E-state index in [0.717, 1.165) is 0 Å². The van der Waals surface area contributed by atoms with E-state index in [1.54, 1.807) is 20.8 Å². The van der Waals surface area contributed by atoms with Gasteiger partial charge in [-0.3, -0.25) is 19.0 Å². The number of thiophene rings is 1. The molecule has 0 unspecified atom stereocenters. The van der Waals surface area contributed by atoms with Gasteiger partial charge in [0.25, 0.3) is 5.56 Å². The van der Waals surface area contributed by atoms with E-state index in [0.29, 0.717) is 20.7 Å². The highest BCUT2D eigenvalue weighted by Crippen LogP contribution is 2.27. The molecule has 0 saturated carbocycles. The number of carbonyl (C=O) groups is 2. The molecule has 0 aromatic carbocycles. The zero-order chi connectivity index (χ0) is 15.9. The molecule has 2 aromatic heterocycles. The fraction of sp³-hybridized carbons (Fsp3) is 0.429. The van der Waals surface area contributed by atoms with Crippen LogP contribution >= 0.6 is 11.3 Å². The van der Waals surface area contributed by atoms with Crippen molar-refractivity contribution in [1.29, 1.82) is 0 Å². The van der Waals surface area contributed by atoms with Crippen LogP contribution in [-0.2, 0) is 11.3 Å². The van der Waals surface area contributed by atoms with Gasteiger partial charge in [0.1, 0.15) is 4.83 Å². The topological polar surface area (TPSA) is 89.3 Å². The highest BCUT2D eigenvalue weighted by molar-refractivity contribution is 7.20. The van der Waals surface area contributed by atoms with Gasteiger partial charge in [0, 0.05) is 6.54 Å². The first kappa shape index (κ1) is 15.4. The molecule has 2 rings (SSSR count). The summed E-state index contributed by atoms with van der Waals surface area (Å²) in [4.78, 5) is 40.5. The van der Waals surface area contributed by atoms with E-state index in [1.165, 1.54) is 29.2 Å². The van der Waals surface area contributed by atoms with Crippen molar-refractivity contribution in [1.82, 2.24) is 9.55 Å². The first-order valence-corrected chi connectivity index (χ1v) is 7.19. The Bertz CT molecular complexity index is 801. The summed E-state index contributed by atoms with van der Waals surface area (Å²) in [5, 5.41) is 9.56. The quantitative estimate of drug-likeness (QED) is 0.873. The number of carbonyl (C=O) groups excluding carboxylic acids is 1. The highest BCUT2D eigenvalue weighted by Gasteiger charge is 2.29. The lowest BCUT2D eigenvalue weighted by atomic mass is 9.94. The third-order valence-electron chi connectivity index (χ3n) is 3.38. The number of nitrogens with zero attached hydrogens (tertiary/aromatic N) is 2. The summed E-state index contributed by atoms with van der Waals surface area (Å²) in [6, 6.07) is 0. The average molecular weight is 308 g/mol. The maximum atomic E-state index is 12.5. The number of ketones is 1. The molecular weight excluding hydrogens is 292 g/mol. The summed E-state index contributed by atoms with van der Waals surface area (Å²) in [5.41, 5.74) is -0.773. The maximum Gasteiger partial charge on any atom is 0.310 e. The number of carboxylic acid groups (broad SMARTS) is 1. The zero-order valence-corrected chi connectivity index (χ0v) is 13.1. The smallest absolute Gasteiger partial charge is 0.310 e. The molecule has 0 amide bonds. The van der Waals surface area contributed by atoms with E-state index < -0.39 is 11.4 Å². The van der Waals surface area contributed by atoms with Gasteiger partial charge in [0.05, 0.1) is 22.0 Å². The molecule has 1 N–H and O–H groups in total. The van der Waals surface area contributed by atoms with Crippen molar-refractivity contribution in [2.24, 2.45) is 5.41 Å². The molecule has 0 aliphatic rings. The number of carboxylic acids is 1. The first-order valence-electron chi connectivity index (χ1n) is 6.38. The molecule has 7 heteroatoms. The Hall–Kier alpha value is -2.02. The van der Waals surface area contributed by atoms with E-state index in [-0.39, 0.29) is 17.9 Å². The third-order valence-corrected chi connectivity index (χ3v) is 4.68. The largest absolute Gasteiger partial charge is 0.481 e.